The van der Waals surface area contributed by atoms with Crippen molar-refractivity contribution in [1.29, 1.82) is 0 Å². The zero-order valence-corrected chi connectivity index (χ0v) is 31.4. The summed E-state index contributed by atoms with van der Waals surface area (Å²) in [6, 6.07) is 8.25. The molecular formula is C37H44F2N8O3S2. The van der Waals surface area contributed by atoms with E-state index in [0.29, 0.717) is 49.1 Å². The number of aromatic nitrogens is 6. The van der Waals surface area contributed by atoms with Gasteiger partial charge in [-0.2, -0.15) is 0 Å². The van der Waals surface area contributed by atoms with Crippen molar-refractivity contribution in [2.75, 3.05) is 23.4 Å². The highest BCUT2D eigenvalue weighted by atomic mass is 32.2. The second-order valence-corrected chi connectivity index (χ2v) is 14.8. The first kappa shape index (κ1) is 37.5. The number of ether oxygens (including phenoxy) is 1. The minimum Gasteiger partial charge on any atom is -0.490 e. The molecule has 2 unspecified atom stereocenters. The van der Waals surface area contributed by atoms with Gasteiger partial charge >= 0.3 is 0 Å². The fourth-order valence-corrected chi connectivity index (χ4v) is 7.70. The zero-order chi connectivity index (χ0) is 36.6. The summed E-state index contributed by atoms with van der Waals surface area (Å²) in [6.07, 6.45) is 9.92. The summed E-state index contributed by atoms with van der Waals surface area (Å²) < 4.78 is 45.3. The number of carbonyl (C=O) groups is 1. The molecule has 1 aliphatic heterocycles. The van der Waals surface area contributed by atoms with Crippen LogP contribution < -0.4 is 10.6 Å². The minimum absolute atomic E-state index is 0.0415. The van der Waals surface area contributed by atoms with E-state index in [4.69, 9.17) is 9.15 Å². The van der Waals surface area contributed by atoms with Crippen LogP contribution in [0.3, 0.4) is 0 Å². The molecule has 11 nitrogen and oxygen atoms in total. The second kappa shape index (κ2) is 17.5. The molecule has 0 saturated carbocycles. The topological polar surface area (TPSA) is 125 Å². The highest BCUT2D eigenvalue weighted by Crippen LogP contribution is 2.30. The van der Waals surface area contributed by atoms with E-state index in [-0.39, 0.29) is 41.2 Å². The number of furan rings is 1. The van der Waals surface area contributed by atoms with Gasteiger partial charge in [-0.3, -0.25) is 9.36 Å². The quantitative estimate of drug-likeness (QED) is 0.0810. The fourth-order valence-electron chi connectivity index (χ4n) is 6.01. The number of thioether (sulfide) groups is 2. The van der Waals surface area contributed by atoms with E-state index in [0.717, 1.165) is 46.6 Å². The van der Waals surface area contributed by atoms with Gasteiger partial charge in [0.1, 0.15) is 17.4 Å². The Morgan fingerprint density at radius 2 is 1.81 bits per heavy atom. The lowest BCUT2D eigenvalue weighted by Gasteiger charge is -2.20. The normalized spacial score (nSPS) is 17.1. The summed E-state index contributed by atoms with van der Waals surface area (Å²) in [5, 5.41) is 24.7. The number of carbonyl (C=O) groups excluding carboxylic acids is 1. The number of nitrogens with one attached hydrogen (secondary N) is 2. The number of nitrogens with zero attached hydrogens (tertiary/aromatic N) is 6. The summed E-state index contributed by atoms with van der Waals surface area (Å²) >= 11 is 2.82. The smallest absolute Gasteiger partial charge is 0.234 e. The first-order valence-electron chi connectivity index (χ1n) is 17.6. The molecule has 2 aliphatic rings. The van der Waals surface area contributed by atoms with Crippen molar-refractivity contribution >= 4 is 35.1 Å². The highest BCUT2D eigenvalue weighted by Gasteiger charge is 2.24. The number of amides is 1. The maximum absolute atomic E-state index is 15.1. The van der Waals surface area contributed by atoms with E-state index >= 15 is 4.39 Å². The Morgan fingerprint density at radius 3 is 2.54 bits per heavy atom. The number of allylic oxidation sites excluding steroid dienone is 2. The lowest BCUT2D eigenvalue weighted by Crippen LogP contribution is -2.32. The fraction of sp³-hybridized carbons (Fsp3) is 0.432. The third-order valence-electron chi connectivity index (χ3n) is 8.88. The van der Waals surface area contributed by atoms with Gasteiger partial charge in [0.05, 0.1) is 23.7 Å². The maximum atomic E-state index is 15.1. The van der Waals surface area contributed by atoms with Crippen LogP contribution in [-0.4, -0.2) is 59.5 Å². The molecule has 0 fully saturated rings. The standard InChI is InChI=1S/C37H44F2N8O3S2/c1-5-46-34(31-8-7-18-49-31)42-44-36(46)51-19-17-40-29-14-10-24(20-27(29)38)9-12-26-13-16-32(50-26)35-43-45-37(47(35)6-2)52-22-33(48)41-30-15-11-25(23(3)4)21-28(30)39/h7,10-11,13,15-16,18,20-21,23,29,31,40H,5-6,8-9,12,14,17,19,22H2,1-4H3,(H,41,48). The summed E-state index contributed by atoms with van der Waals surface area (Å²) in [7, 11) is 0. The van der Waals surface area contributed by atoms with Crippen LogP contribution in [0.2, 0.25) is 0 Å². The Morgan fingerprint density at radius 1 is 1.00 bits per heavy atom. The number of aryl methyl sites for hydroxylation is 1. The Kier molecular flexibility index (Phi) is 12.7. The van der Waals surface area contributed by atoms with Gasteiger partial charge in [-0.05, 0) is 80.2 Å². The first-order valence-corrected chi connectivity index (χ1v) is 19.6. The molecule has 15 heteroatoms. The average molecular weight is 751 g/mol. The Hall–Kier alpha value is -4.21. The van der Waals surface area contributed by atoms with Gasteiger partial charge in [-0.15, -0.1) is 20.4 Å². The van der Waals surface area contributed by atoms with E-state index in [2.05, 4.69) is 48.6 Å². The molecule has 0 bridgehead atoms. The number of hydrogen-bond acceptors (Lipinski definition) is 10. The largest absolute Gasteiger partial charge is 0.490 e. The van der Waals surface area contributed by atoms with Gasteiger partial charge in [0.2, 0.25) is 5.91 Å². The van der Waals surface area contributed by atoms with E-state index < -0.39 is 5.82 Å². The van der Waals surface area contributed by atoms with E-state index in [9.17, 15) is 9.18 Å². The van der Waals surface area contributed by atoms with Crippen LogP contribution in [0.15, 0.2) is 81.0 Å². The molecule has 2 N–H and O–H groups in total. The molecule has 52 heavy (non-hydrogen) atoms. The summed E-state index contributed by atoms with van der Waals surface area (Å²) in [5.41, 5.74) is 1.95. The van der Waals surface area contributed by atoms with Crippen molar-refractivity contribution in [3.8, 4) is 11.6 Å². The van der Waals surface area contributed by atoms with Crippen LogP contribution in [0.5, 0.6) is 0 Å². The van der Waals surface area contributed by atoms with Gasteiger partial charge in [0.15, 0.2) is 33.8 Å². The van der Waals surface area contributed by atoms with Gasteiger partial charge in [0, 0.05) is 38.2 Å². The molecule has 1 aliphatic carbocycles. The number of anilines is 1. The van der Waals surface area contributed by atoms with Crippen molar-refractivity contribution in [2.24, 2.45) is 0 Å². The molecule has 4 heterocycles. The average Bonchev–Trinajstić information content (AvgIpc) is 3.96. The molecule has 3 aromatic heterocycles. The third-order valence-corrected chi connectivity index (χ3v) is 10.8. The summed E-state index contributed by atoms with van der Waals surface area (Å²) in [4.78, 5) is 12.6. The van der Waals surface area contributed by atoms with Crippen LogP contribution in [0, 0.1) is 5.82 Å². The molecule has 4 aromatic rings. The Balaban J connectivity index is 0.949. The SMILES string of the molecule is CCn1c(SCC(=O)Nc2ccc(C(C)C)cc2F)nnc1-c1ccc(CCC2=CCC(NCCSc3nnc(C4CC=CO4)n3CC)C(F)=C2)o1. The molecular weight excluding hydrogens is 707 g/mol. The highest BCUT2D eigenvalue weighted by molar-refractivity contribution is 7.99. The van der Waals surface area contributed by atoms with E-state index in [1.165, 1.54) is 17.8 Å². The molecule has 1 amide bonds. The molecule has 1 aromatic carbocycles. The lowest BCUT2D eigenvalue weighted by molar-refractivity contribution is -0.113. The zero-order valence-electron chi connectivity index (χ0n) is 29.8. The third kappa shape index (κ3) is 9.04. The monoisotopic (exact) mass is 750 g/mol. The van der Waals surface area contributed by atoms with Gasteiger partial charge in [-0.25, -0.2) is 8.78 Å². The molecule has 0 spiro atoms. The van der Waals surface area contributed by atoms with Crippen molar-refractivity contribution < 1.29 is 22.7 Å². The first-order chi connectivity index (χ1) is 25.2. The van der Waals surface area contributed by atoms with Crippen LogP contribution >= 0.6 is 23.5 Å². The van der Waals surface area contributed by atoms with E-state index in [1.807, 2.05) is 49.6 Å². The maximum Gasteiger partial charge on any atom is 0.234 e. The Bertz CT molecular complexity index is 1940. The summed E-state index contributed by atoms with van der Waals surface area (Å²) in [5.74, 6) is 2.70. The van der Waals surface area contributed by atoms with Crippen LogP contribution in [0.25, 0.3) is 11.6 Å². The molecule has 0 radical (unpaired) electrons. The molecule has 276 valence electrons. The van der Waals surface area contributed by atoms with E-state index in [1.54, 1.807) is 30.2 Å². The number of hydrogen-bond donors (Lipinski definition) is 2. The lowest BCUT2D eigenvalue weighted by atomic mass is 9.98. The van der Waals surface area contributed by atoms with Gasteiger partial charge in [-0.1, -0.05) is 49.5 Å². The minimum atomic E-state index is -0.460. The van der Waals surface area contributed by atoms with Gasteiger partial charge in [0.25, 0.3) is 0 Å². The van der Waals surface area contributed by atoms with Crippen LogP contribution in [0.4, 0.5) is 14.5 Å². The number of rotatable bonds is 17. The van der Waals surface area contributed by atoms with Crippen molar-refractivity contribution in [3.05, 3.63) is 89.2 Å². The predicted octanol–water partition coefficient (Wildman–Crippen LogP) is 8.00. The van der Waals surface area contributed by atoms with Crippen molar-refractivity contribution in [2.45, 2.75) is 94.8 Å². The molecule has 0 saturated heterocycles. The summed E-state index contributed by atoms with van der Waals surface area (Å²) in [6.45, 7) is 9.95. The van der Waals surface area contributed by atoms with Gasteiger partial charge < -0.3 is 24.4 Å². The van der Waals surface area contributed by atoms with Crippen LogP contribution in [0.1, 0.15) is 76.1 Å². The number of halogens is 2. The second-order valence-electron chi connectivity index (χ2n) is 12.8. The predicted molar refractivity (Wildman–Crippen MR) is 199 cm³/mol. The Labute approximate surface area is 310 Å². The number of benzene rings is 1. The van der Waals surface area contributed by atoms with Crippen molar-refractivity contribution in [1.82, 2.24) is 34.8 Å². The molecule has 6 rings (SSSR count). The van der Waals surface area contributed by atoms with Crippen LogP contribution in [-0.2, 0) is 29.0 Å². The van der Waals surface area contributed by atoms with Crippen molar-refractivity contribution in [3.63, 3.8) is 0 Å². The molecule has 2 atom stereocenters.